The highest BCUT2D eigenvalue weighted by Gasteiger charge is 2.72. The third-order valence-electron chi connectivity index (χ3n) is 14.0. The molecule has 1 aliphatic heterocycles. The summed E-state index contributed by atoms with van der Waals surface area (Å²) in [5.74, 6) is 3.02. The van der Waals surface area contributed by atoms with E-state index in [1.54, 1.807) is 0 Å². The van der Waals surface area contributed by atoms with E-state index in [0.717, 1.165) is 36.5 Å². The molecule has 3 nitrogen and oxygen atoms in total. The van der Waals surface area contributed by atoms with Crippen LogP contribution >= 0.6 is 0 Å². The number of fused-ring (bicyclic) bond motifs is 5. The fraction of sp³-hybridized carbons (Fsp3) is 0.967. The monoisotopic (exact) mass is 455 g/mol. The van der Waals surface area contributed by atoms with E-state index < -0.39 is 0 Å². The van der Waals surface area contributed by atoms with Gasteiger partial charge < -0.3 is 9.94 Å². The second kappa shape index (κ2) is 6.60. The predicted octanol–water partition coefficient (Wildman–Crippen LogP) is 7.71. The first-order chi connectivity index (χ1) is 15.4. The van der Waals surface area contributed by atoms with Crippen molar-refractivity contribution in [1.29, 1.82) is 0 Å². The minimum absolute atomic E-state index is 0.0117. The Morgan fingerprint density at radius 1 is 0.788 bits per heavy atom. The molecule has 186 valence electrons. The van der Waals surface area contributed by atoms with Gasteiger partial charge in [0.05, 0.1) is 18.4 Å². The lowest BCUT2D eigenvalue weighted by Gasteiger charge is -2.73. The summed E-state index contributed by atoms with van der Waals surface area (Å²) >= 11 is 0. The van der Waals surface area contributed by atoms with Crippen molar-refractivity contribution in [2.24, 2.45) is 61.3 Å². The third-order valence-corrected chi connectivity index (χ3v) is 14.0. The molecule has 5 saturated carbocycles. The maximum Gasteiger partial charge on any atom is 0.0663 e. The van der Waals surface area contributed by atoms with E-state index in [-0.39, 0.29) is 5.41 Å². The van der Waals surface area contributed by atoms with E-state index in [1.165, 1.54) is 57.8 Å². The van der Waals surface area contributed by atoms with Crippen molar-refractivity contribution < 1.29 is 9.94 Å². The fourth-order valence-electron chi connectivity index (χ4n) is 12.0. The molecule has 0 unspecified atom stereocenters. The quantitative estimate of drug-likeness (QED) is 0.300. The van der Waals surface area contributed by atoms with Crippen LogP contribution in [0.2, 0.25) is 0 Å². The number of hydrogen-bond donors (Lipinski definition) is 1. The smallest absolute Gasteiger partial charge is 0.0663 e. The lowest BCUT2D eigenvalue weighted by Crippen LogP contribution is -2.67. The van der Waals surface area contributed by atoms with Crippen LogP contribution in [0.15, 0.2) is 5.16 Å². The van der Waals surface area contributed by atoms with Gasteiger partial charge in [0.2, 0.25) is 0 Å². The highest BCUT2D eigenvalue weighted by atomic mass is 16.5. The number of ether oxygens (including phenoxy) is 1. The van der Waals surface area contributed by atoms with Gasteiger partial charge in [0.15, 0.2) is 0 Å². The van der Waals surface area contributed by atoms with Gasteiger partial charge in [0.25, 0.3) is 0 Å². The van der Waals surface area contributed by atoms with Gasteiger partial charge in [-0.1, -0.05) is 53.6 Å². The molecule has 3 heteroatoms. The van der Waals surface area contributed by atoms with Crippen LogP contribution in [0, 0.1) is 56.2 Å². The first-order valence-electron chi connectivity index (χ1n) is 14.2. The Hall–Kier alpha value is -0.570. The zero-order valence-electron chi connectivity index (χ0n) is 22.5. The first kappa shape index (κ1) is 22.9. The van der Waals surface area contributed by atoms with Crippen LogP contribution in [-0.2, 0) is 4.74 Å². The van der Waals surface area contributed by atoms with Gasteiger partial charge in [-0.05, 0) is 115 Å². The van der Waals surface area contributed by atoms with E-state index in [0.29, 0.717) is 39.1 Å². The normalized spacial score (nSPS) is 57.5. The summed E-state index contributed by atoms with van der Waals surface area (Å²) in [6.07, 6.45) is 13.6. The molecule has 33 heavy (non-hydrogen) atoms. The Labute approximate surface area is 202 Å². The average Bonchev–Trinajstić information content (AvgIpc) is 3.07. The molecule has 0 aromatic heterocycles. The van der Waals surface area contributed by atoms with Gasteiger partial charge in [0.1, 0.15) is 0 Å². The standard InChI is InChI=1S/C30H49NO2/c1-25(2)14-16-30-17-15-28(6)19(23(30)24(25)33-18-30)8-9-21-27(5)12-11-22(31-32)26(3,4)20(27)10-13-29(21,28)7/h19-21,23-24,32H,8-18H2,1-7H3/b31-22-/t19-,20+,21-,23-,24-,27+,28-,29-,30+/m1/s1. The highest BCUT2D eigenvalue weighted by molar-refractivity contribution is 5.90. The van der Waals surface area contributed by atoms with Crippen LogP contribution in [0.1, 0.15) is 113 Å². The Balaban J connectivity index is 1.39. The fourth-order valence-corrected chi connectivity index (χ4v) is 12.0. The summed E-state index contributed by atoms with van der Waals surface area (Å²) in [7, 11) is 0. The van der Waals surface area contributed by atoms with Crippen molar-refractivity contribution in [3.63, 3.8) is 0 Å². The van der Waals surface area contributed by atoms with Crippen molar-refractivity contribution in [3.8, 4) is 0 Å². The largest absolute Gasteiger partial charge is 0.411 e. The van der Waals surface area contributed by atoms with E-state index in [4.69, 9.17) is 4.74 Å². The lowest BCUT2D eigenvalue weighted by atomic mass is 9.31. The van der Waals surface area contributed by atoms with Crippen LogP contribution in [0.3, 0.4) is 0 Å². The molecule has 6 rings (SSSR count). The van der Waals surface area contributed by atoms with Gasteiger partial charge in [-0.3, -0.25) is 0 Å². The van der Waals surface area contributed by atoms with E-state index in [9.17, 15) is 5.21 Å². The van der Waals surface area contributed by atoms with Crippen LogP contribution in [0.5, 0.6) is 0 Å². The summed E-state index contributed by atoms with van der Waals surface area (Å²) in [6, 6.07) is 0. The topological polar surface area (TPSA) is 41.8 Å². The zero-order valence-corrected chi connectivity index (χ0v) is 22.5. The van der Waals surface area contributed by atoms with Crippen LogP contribution in [0.25, 0.3) is 0 Å². The Morgan fingerprint density at radius 2 is 1.52 bits per heavy atom. The number of hydrogen-bond acceptors (Lipinski definition) is 3. The molecule has 9 atom stereocenters. The maximum absolute atomic E-state index is 9.76. The molecule has 0 aromatic carbocycles. The highest BCUT2D eigenvalue weighted by Crippen LogP contribution is 2.77. The molecule has 6 fully saturated rings. The second-order valence-electron chi connectivity index (χ2n) is 15.5. The Kier molecular flexibility index (Phi) is 4.57. The molecular formula is C30H49NO2. The van der Waals surface area contributed by atoms with Gasteiger partial charge >= 0.3 is 0 Å². The van der Waals surface area contributed by atoms with Crippen LogP contribution in [0.4, 0.5) is 0 Å². The van der Waals surface area contributed by atoms with Crippen molar-refractivity contribution in [2.45, 2.75) is 119 Å². The molecule has 0 radical (unpaired) electrons. The minimum Gasteiger partial charge on any atom is -0.411 e. The number of rotatable bonds is 0. The maximum atomic E-state index is 9.76. The predicted molar refractivity (Wildman–Crippen MR) is 133 cm³/mol. The molecule has 2 bridgehead atoms. The molecule has 5 aliphatic carbocycles. The van der Waals surface area contributed by atoms with Gasteiger partial charge in [0, 0.05) is 5.41 Å². The van der Waals surface area contributed by atoms with Gasteiger partial charge in [-0.2, -0.15) is 0 Å². The van der Waals surface area contributed by atoms with Crippen molar-refractivity contribution in [2.75, 3.05) is 6.61 Å². The molecule has 0 aromatic rings. The molecular weight excluding hydrogens is 406 g/mol. The first-order valence-corrected chi connectivity index (χ1v) is 14.2. The summed E-state index contributed by atoms with van der Waals surface area (Å²) < 4.78 is 6.71. The van der Waals surface area contributed by atoms with Crippen LogP contribution < -0.4 is 0 Å². The Morgan fingerprint density at radius 3 is 2.24 bits per heavy atom. The zero-order chi connectivity index (χ0) is 23.7. The second-order valence-corrected chi connectivity index (χ2v) is 15.5. The molecule has 0 spiro atoms. The van der Waals surface area contributed by atoms with Crippen molar-refractivity contribution >= 4 is 5.71 Å². The van der Waals surface area contributed by atoms with E-state index in [2.05, 4.69) is 53.6 Å². The molecule has 1 heterocycles. The van der Waals surface area contributed by atoms with Gasteiger partial charge in [-0.15, -0.1) is 0 Å². The van der Waals surface area contributed by atoms with Crippen LogP contribution in [-0.4, -0.2) is 23.6 Å². The molecule has 0 amide bonds. The molecule has 6 aliphatic rings. The summed E-state index contributed by atoms with van der Waals surface area (Å²) in [6.45, 7) is 18.8. The number of nitrogens with zero attached hydrogens (tertiary/aromatic N) is 1. The minimum atomic E-state index is 0.0117. The summed E-state index contributed by atoms with van der Waals surface area (Å²) in [5, 5.41) is 13.6. The SMILES string of the molecule is CC1(C)CC[C@@]23CC[C@]4(C)[C@H](CC[C@@H]5[C@@]6(C)CC/C(=N/O)C(C)(C)[C@@H]6CC[C@]54C)[C@@H]2[C@H]1OC3. The number of oxime groups is 1. The molecule has 1 saturated heterocycles. The Bertz CT molecular complexity index is 877. The van der Waals surface area contributed by atoms with E-state index in [1.807, 2.05) is 0 Å². The van der Waals surface area contributed by atoms with Gasteiger partial charge in [-0.25, -0.2) is 0 Å². The van der Waals surface area contributed by atoms with Crippen molar-refractivity contribution in [1.82, 2.24) is 0 Å². The summed E-state index contributed by atoms with van der Waals surface area (Å²) in [4.78, 5) is 0. The van der Waals surface area contributed by atoms with Crippen molar-refractivity contribution in [3.05, 3.63) is 0 Å². The van der Waals surface area contributed by atoms with E-state index >= 15 is 0 Å². The third kappa shape index (κ3) is 2.54. The lowest BCUT2D eigenvalue weighted by molar-refractivity contribution is -0.235. The average molecular weight is 456 g/mol. The molecule has 1 N–H and O–H groups in total. The summed E-state index contributed by atoms with van der Waals surface area (Å²) in [5.41, 5.74) is 3.06.